The molecule has 2 heterocycles. The van der Waals surface area contributed by atoms with Crippen LogP contribution in [-0.4, -0.2) is 50.3 Å². The first-order valence-corrected chi connectivity index (χ1v) is 5.81. The van der Waals surface area contributed by atoms with E-state index in [0.29, 0.717) is 12.1 Å². The summed E-state index contributed by atoms with van der Waals surface area (Å²) < 4.78 is 5.50. The number of methoxy groups -OCH3 is 1. The highest BCUT2D eigenvalue weighted by Gasteiger charge is 2.50. The van der Waals surface area contributed by atoms with Crippen molar-refractivity contribution < 1.29 is 4.74 Å². The fourth-order valence-corrected chi connectivity index (χ4v) is 3.29. The second-order valence-electron chi connectivity index (χ2n) is 5.26. The number of rotatable bonds is 2. The maximum atomic E-state index is 5.50. The molecule has 1 N–H and O–H groups in total. The van der Waals surface area contributed by atoms with Crippen molar-refractivity contribution in [2.75, 3.05) is 33.3 Å². The molecule has 2 atom stereocenters. The van der Waals surface area contributed by atoms with Gasteiger partial charge in [0.2, 0.25) is 0 Å². The van der Waals surface area contributed by atoms with Gasteiger partial charge in [0.1, 0.15) is 0 Å². The normalized spacial score (nSPS) is 40.9. The Morgan fingerprint density at radius 3 is 2.64 bits per heavy atom. The van der Waals surface area contributed by atoms with Gasteiger partial charge in [-0.15, -0.1) is 0 Å². The number of nitrogens with zero attached hydrogens (tertiary/aromatic N) is 1. The molecule has 0 amide bonds. The van der Waals surface area contributed by atoms with Gasteiger partial charge in [0.05, 0.1) is 6.10 Å². The first-order valence-electron chi connectivity index (χ1n) is 5.81. The van der Waals surface area contributed by atoms with Crippen molar-refractivity contribution >= 4 is 0 Å². The fourth-order valence-electron chi connectivity index (χ4n) is 3.29. The number of hydrogen-bond acceptors (Lipinski definition) is 3. The predicted molar refractivity (Wildman–Crippen MR) is 55.3 cm³/mol. The molecule has 0 aromatic carbocycles. The van der Waals surface area contributed by atoms with Crippen LogP contribution in [0.2, 0.25) is 0 Å². The quantitative estimate of drug-likeness (QED) is 0.694. The molecule has 3 heteroatoms. The molecule has 2 aliphatic heterocycles. The van der Waals surface area contributed by atoms with Crippen LogP contribution in [0.4, 0.5) is 0 Å². The number of nitrogens with one attached hydrogen (secondary N) is 1. The van der Waals surface area contributed by atoms with Crippen LogP contribution in [0, 0.1) is 5.41 Å². The smallest absolute Gasteiger partial charge is 0.0862 e. The summed E-state index contributed by atoms with van der Waals surface area (Å²) in [4.78, 5) is 2.62. The van der Waals surface area contributed by atoms with Crippen molar-refractivity contribution in [3.63, 3.8) is 0 Å². The second kappa shape index (κ2) is 3.19. The Balaban J connectivity index is 1.57. The highest BCUT2D eigenvalue weighted by atomic mass is 16.5. The molecule has 3 nitrogen and oxygen atoms in total. The Morgan fingerprint density at radius 1 is 1.29 bits per heavy atom. The van der Waals surface area contributed by atoms with Gasteiger partial charge in [-0.1, -0.05) is 6.42 Å². The average molecular weight is 196 g/mol. The van der Waals surface area contributed by atoms with Crippen molar-refractivity contribution in [3.05, 3.63) is 0 Å². The lowest BCUT2D eigenvalue weighted by molar-refractivity contribution is -0.102. The summed E-state index contributed by atoms with van der Waals surface area (Å²) in [6.07, 6.45) is 4.83. The summed E-state index contributed by atoms with van der Waals surface area (Å²) in [6, 6.07) is 0.645. The van der Waals surface area contributed by atoms with Gasteiger partial charge in [-0.25, -0.2) is 0 Å². The van der Waals surface area contributed by atoms with E-state index < -0.39 is 0 Å². The topological polar surface area (TPSA) is 24.5 Å². The van der Waals surface area contributed by atoms with E-state index in [1.54, 1.807) is 0 Å². The maximum absolute atomic E-state index is 5.50. The summed E-state index contributed by atoms with van der Waals surface area (Å²) in [7, 11) is 1.84. The van der Waals surface area contributed by atoms with Crippen molar-refractivity contribution in [2.24, 2.45) is 5.41 Å². The highest BCUT2D eigenvalue weighted by Crippen LogP contribution is 2.49. The van der Waals surface area contributed by atoms with Gasteiger partial charge in [-0.3, -0.25) is 4.90 Å². The molecule has 0 aromatic heterocycles. The van der Waals surface area contributed by atoms with Gasteiger partial charge < -0.3 is 10.1 Å². The molecule has 80 valence electrons. The Morgan fingerprint density at radius 2 is 2.07 bits per heavy atom. The van der Waals surface area contributed by atoms with Gasteiger partial charge in [-0.2, -0.15) is 0 Å². The molecule has 0 bridgehead atoms. The van der Waals surface area contributed by atoms with Gasteiger partial charge in [0.25, 0.3) is 0 Å². The van der Waals surface area contributed by atoms with E-state index in [0.717, 1.165) is 18.5 Å². The molecule has 1 aliphatic carbocycles. The zero-order valence-corrected chi connectivity index (χ0v) is 8.96. The molecule has 2 saturated heterocycles. The third-order valence-electron chi connectivity index (χ3n) is 4.39. The zero-order valence-electron chi connectivity index (χ0n) is 8.96. The third kappa shape index (κ3) is 1.23. The van der Waals surface area contributed by atoms with Crippen LogP contribution < -0.4 is 5.32 Å². The molecular formula is C11H20N2O. The van der Waals surface area contributed by atoms with E-state index in [1.807, 2.05) is 7.11 Å². The molecule has 3 rings (SSSR count). The minimum Gasteiger partial charge on any atom is -0.378 e. The van der Waals surface area contributed by atoms with Crippen molar-refractivity contribution in [1.82, 2.24) is 10.2 Å². The summed E-state index contributed by atoms with van der Waals surface area (Å²) in [6.45, 7) is 4.82. The molecular weight excluding hydrogens is 176 g/mol. The molecule has 14 heavy (non-hydrogen) atoms. The summed E-state index contributed by atoms with van der Waals surface area (Å²) in [5.74, 6) is 0. The van der Waals surface area contributed by atoms with Crippen LogP contribution in [0.1, 0.15) is 19.3 Å². The molecule has 1 saturated carbocycles. The summed E-state index contributed by atoms with van der Waals surface area (Å²) in [5.41, 5.74) is 0.751. The Kier molecular flexibility index (Phi) is 2.08. The van der Waals surface area contributed by atoms with E-state index >= 15 is 0 Å². The van der Waals surface area contributed by atoms with Crippen LogP contribution in [0.3, 0.4) is 0 Å². The van der Waals surface area contributed by atoms with Crippen molar-refractivity contribution in [3.8, 4) is 0 Å². The lowest BCUT2D eigenvalue weighted by Crippen LogP contribution is -2.64. The lowest BCUT2D eigenvalue weighted by Gasteiger charge is -2.58. The largest absolute Gasteiger partial charge is 0.378 e. The van der Waals surface area contributed by atoms with Crippen molar-refractivity contribution in [2.45, 2.75) is 31.4 Å². The predicted octanol–water partition coefficient (Wildman–Crippen LogP) is 0.459. The summed E-state index contributed by atoms with van der Waals surface area (Å²) in [5, 5.41) is 3.42. The monoisotopic (exact) mass is 196 g/mol. The maximum Gasteiger partial charge on any atom is 0.0862 e. The third-order valence-corrected chi connectivity index (χ3v) is 4.39. The van der Waals surface area contributed by atoms with Crippen LogP contribution >= 0.6 is 0 Å². The van der Waals surface area contributed by atoms with E-state index in [1.165, 1.54) is 32.4 Å². The number of likely N-dealkylation sites (tertiary alicyclic amines) is 1. The van der Waals surface area contributed by atoms with Crippen LogP contribution in [0.5, 0.6) is 0 Å². The minimum atomic E-state index is 0.424. The first kappa shape index (κ1) is 9.13. The van der Waals surface area contributed by atoms with Gasteiger partial charge in [-0.05, 0) is 18.3 Å². The molecule has 3 fully saturated rings. The first-order chi connectivity index (χ1) is 6.83. The second-order valence-corrected chi connectivity index (χ2v) is 5.26. The van der Waals surface area contributed by atoms with Crippen molar-refractivity contribution in [1.29, 1.82) is 0 Å². The van der Waals surface area contributed by atoms with Crippen LogP contribution in [0.15, 0.2) is 0 Å². The zero-order chi connectivity index (χ0) is 9.60. The van der Waals surface area contributed by atoms with E-state index in [4.69, 9.17) is 4.74 Å². The van der Waals surface area contributed by atoms with Gasteiger partial charge in [0, 0.05) is 39.3 Å². The molecule has 0 aromatic rings. The SMILES string of the molecule is CO[C@H]1CNCC1N1CC2(CCC2)C1. The molecule has 1 spiro atoms. The minimum absolute atomic E-state index is 0.424. The standard InChI is InChI=1S/C11H20N2O/c1-14-10-6-12-5-9(10)13-7-11(8-13)3-2-4-11/h9-10,12H,2-8H2,1H3/t9?,10-/m0/s1. The van der Waals surface area contributed by atoms with E-state index in [9.17, 15) is 0 Å². The average Bonchev–Trinajstić information content (AvgIpc) is 2.47. The molecule has 0 radical (unpaired) electrons. The number of ether oxygens (including phenoxy) is 1. The summed E-state index contributed by atoms with van der Waals surface area (Å²) >= 11 is 0. The molecule has 3 aliphatic rings. The van der Waals surface area contributed by atoms with E-state index in [-0.39, 0.29) is 0 Å². The van der Waals surface area contributed by atoms with Crippen LogP contribution in [-0.2, 0) is 4.74 Å². The number of hydrogen-bond donors (Lipinski definition) is 1. The molecule has 1 unspecified atom stereocenters. The van der Waals surface area contributed by atoms with E-state index in [2.05, 4.69) is 10.2 Å². The Bertz CT molecular complexity index is 219. The lowest BCUT2D eigenvalue weighted by atomic mass is 9.63. The Labute approximate surface area is 85.8 Å². The van der Waals surface area contributed by atoms with Crippen LogP contribution in [0.25, 0.3) is 0 Å². The highest BCUT2D eigenvalue weighted by molar-refractivity contribution is 5.05. The fraction of sp³-hybridized carbons (Fsp3) is 1.00. The van der Waals surface area contributed by atoms with Gasteiger partial charge in [0.15, 0.2) is 0 Å². The van der Waals surface area contributed by atoms with Gasteiger partial charge >= 0.3 is 0 Å². The Hall–Kier alpha value is -0.120.